The Balaban J connectivity index is 1.45. The SMILES string of the molecule is Cc1cc(C)c(-c2csc(NC(=O)CN3C(=O)N[C@](C)(C4CC4)C3=O)n2)c(C)c1. The first-order valence-electron chi connectivity index (χ1n) is 9.66. The van der Waals surface area contributed by atoms with Crippen LogP contribution in [0.15, 0.2) is 17.5 Å². The molecule has 2 heterocycles. The normalized spacial score (nSPS) is 21.4. The van der Waals surface area contributed by atoms with Gasteiger partial charge in [0.25, 0.3) is 5.91 Å². The number of nitrogens with zero attached hydrogens (tertiary/aromatic N) is 2. The Hall–Kier alpha value is -2.74. The molecule has 0 unspecified atom stereocenters. The molecule has 1 saturated heterocycles. The average Bonchev–Trinajstić information content (AvgIpc) is 3.36. The summed E-state index contributed by atoms with van der Waals surface area (Å²) in [7, 11) is 0. The van der Waals surface area contributed by atoms with Crippen LogP contribution in [0.4, 0.5) is 9.93 Å². The fraction of sp³-hybridized carbons (Fsp3) is 0.429. The second-order valence-corrected chi connectivity index (χ2v) is 9.02. The van der Waals surface area contributed by atoms with E-state index >= 15 is 0 Å². The molecule has 2 fully saturated rings. The predicted molar refractivity (Wildman–Crippen MR) is 112 cm³/mol. The van der Waals surface area contributed by atoms with Gasteiger partial charge < -0.3 is 10.6 Å². The molecular weight excluding hydrogens is 388 g/mol. The summed E-state index contributed by atoms with van der Waals surface area (Å²) in [6, 6.07) is 3.70. The second kappa shape index (κ2) is 6.95. The monoisotopic (exact) mass is 412 g/mol. The van der Waals surface area contributed by atoms with E-state index in [0.29, 0.717) is 5.13 Å². The zero-order valence-electron chi connectivity index (χ0n) is 17.0. The minimum atomic E-state index is -0.883. The van der Waals surface area contributed by atoms with Gasteiger partial charge in [0.2, 0.25) is 5.91 Å². The highest BCUT2D eigenvalue weighted by Crippen LogP contribution is 2.42. The molecule has 2 aromatic rings. The van der Waals surface area contributed by atoms with Gasteiger partial charge in [0.15, 0.2) is 5.13 Å². The van der Waals surface area contributed by atoms with Crippen molar-refractivity contribution >= 4 is 34.3 Å². The number of amides is 4. The predicted octanol–water partition coefficient (Wildman–Crippen LogP) is 3.39. The van der Waals surface area contributed by atoms with Crippen LogP contribution in [0.5, 0.6) is 0 Å². The molecule has 0 spiro atoms. The van der Waals surface area contributed by atoms with Crippen LogP contribution in [0.25, 0.3) is 11.3 Å². The Morgan fingerprint density at radius 1 is 1.28 bits per heavy atom. The molecule has 152 valence electrons. The molecule has 4 amide bonds. The van der Waals surface area contributed by atoms with Crippen molar-refractivity contribution in [3.63, 3.8) is 0 Å². The van der Waals surface area contributed by atoms with E-state index < -0.39 is 17.5 Å². The second-order valence-electron chi connectivity index (χ2n) is 8.16. The zero-order chi connectivity index (χ0) is 20.9. The average molecular weight is 413 g/mol. The molecule has 29 heavy (non-hydrogen) atoms. The summed E-state index contributed by atoms with van der Waals surface area (Å²) in [5.74, 6) is -0.604. The first-order valence-corrected chi connectivity index (χ1v) is 10.5. The van der Waals surface area contributed by atoms with Crippen molar-refractivity contribution in [3.8, 4) is 11.3 Å². The maximum atomic E-state index is 12.6. The van der Waals surface area contributed by atoms with Gasteiger partial charge in [0.1, 0.15) is 12.1 Å². The topological polar surface area (TPSA) is 91.4 Å². The molecule has 2 aliphatic rings. The van der Waals surface area contributed by atoms with Gasteiger partial charge in [0, 0.05) is 10.9 Å². The van der Waals surface area contributed by atoms with Crippen LogP contribution in [0, 0.1) is 26.7 Å². The number of aromatic nitrogens is 1. The Kier molecular flexibility index (Phi) is 4.69. The van der Waals surface area contributed by atoms with Crippen LogP contribution in [-0.4, -0.2) is 39.8 Å². The third-order valence-electron chi connectivity index (χ3n) is 5.68. The van der Waals surface area contributed by atoms with Gasteiger partial charge in [-0.15, -0.1) is 11.3 Å². The number of carbonyl (C=O) groups excluding carboxylic acids is 3. The number of aryl methyl sites for hydroxylation is 3. The van der Waals surface area contributed by atoms with E-state index in [1.165, 1.54) is 16.9 Å². The van der Waals surface area contributed by atoms with E-state index in [-0.39, 0.29) is 18.4 Å². The van der Waals surface area contributed by atoms with Gasteiger partial charge in [-0.1, -0.05) is 17.7 Å². The van der Waals surface area contributed by atoms with Gasteiger partial charge in [-0.25, -0.2) is 9.78 Å². The molecule has 7 nitrogen and oxygen atoms in total. The lowest BCUT2D eigenvalue weighted by Gasteiger charge is -2.20. The number of nitrogens with one attached hydrogen (secondary N) is 2. The molecule has 0 radical (unpaired) electrons. The summed E-state index contributed by atoms with van der Waals surface area (Å²) >= 11 is 1.32. The smallest absolute Gasteiger partial charge is 0.323 e. The lowest BCUT2D eigenvalue weighted by atomic mass is 9.96. The van der Waals surface area contributed by atoms with Crippen molar-refractivity contribution in [1.29, 1.82) is 0 Å². The lowest BCUT2D eigenvalue weighted by molar-refractivity contribution is -0.134. The van der Waals surface area contributed by atoms with Crippen molar-refractivity contribution < 1.29 is 14.4 Å². The number of benzene rings is 1. The summed E-state index contributed by atoms with van der Waals surface area (Å²) in [5, 5.41) is 7.81. The molecule has 1 atom stereocenters. The number of thiazole rings is 1. The Labute approximate surface area is 173 Å². The van der Waals surface area contributed by atoms with Crippen molar-refractivity contribution in [2.75, 3.05) is 11.9 Å². The molecule has 1 aromatic heterocycles. The molecule has 4 rings (SSSR count). The maximum Gasteiger partial charge on any atom is 0.325 e. The van der Waals surface area contributed by atoms with Crippen molar-refractivity contribution in [3.05, 3.63) is 34.2 Å². The Morgan fingerprint density at radius 2 is 1.93 bits per heavy atom. The molecule has 1 aliphatic carbocycles. The van der Waals surface area contributed by atoms with E-state index in [1.807, 2.05) is 19.2 Å². The minimum absolute atomic E-state index is 0.162. The highest BCUT2D eigenvalue weighted by Gasteiger charge is 2.56. The Bertz CT molecular complexity index is 1000. The van der Waals surface area contributed by atoms with Crippen LogP contribution in [-0.2, 0) is 9.59 Å². The molecule has 1 aromatic carbocycles. The van der Waals surface area contributed by atoms with E-state index in [9.17, 15) is 14.4 Å². The molecule has 2 N–H and O–H groups in total. The first kappa shape index (κ1) is 19.6. The number of hydrogen-bond donors (Lipinski definition) is 2. The number of rotatable bonds is 5. The standard InChI is InChI=1S/C21H24N4O3S/c1-11-7-12(2)17(13(3)8-11)15-10-29-19(22-15)23-16(26)9-25-18(27)21(4,14-5-6-14)24-20(25)28/h7-8,10,14H,5-6,9H2,1-4H3,(H,24,28)(H,22,23,26)/t21-/m1/s1. The van der Waals surface area contributed by atoms with Gasteiger partial charge >= 0.3 is 6.03 Å². The van der Waals surface area contributed by atoms with Crippen molar-refractivity contribution in [2.24, 2.45) is 5.92 Å². The molecular formula is C21H24N4O3S. The largest absolute Gasteiger partial charge is 0.325 e. The van der Waals surface area contributed by atoms with E-state index in [4.69, 9.17) is 0 Å². The number of carbonyl (C=O) groups is 3. The van der Waals surface area contributed by atoms with E-state index in [0.717, 1.165) is 40.1 Å². The van der Waals surface area contributed by atoms with Crippen LogP contribution >= 0.6 is 11.3 Å². The summed E-state index contributed by atoms with van der Waals surface area (Å²) < 4.78 is 0. The van der Waals surface area contributed by atoms with E-state index in [1.54, 1.807) is 6.92 Å². The van der Waals surface area contributed by atoms with Gasteiger partial charge in [-0.05, 0) is 57.6 Å². The third kappa shape index (κ3) is 3.53. The highest BCUT2D eigenvalue weighted by molar-refractivity contribution is 7.14. The van der Waals surface area contributed by atoms with Crippen LogP contribution in [0.3, 0.4) is 0 Å². The summed E-state index contributed by atoms with van der Waals surface area (Å²) in [5.41, 5.74) is 4.43. The third-order valence-corrected chi connectivity index (χ3v) is 6.44. The lowest BCUT2D eigenvalue weighted by Crippen LogP contribution is -2.46. The van der Waals surface area contributed by atoms with Crippen molar-refractivity contribution in [2.45, 2.75) is 46.1 Å². The van der Waals surface area contributed by atoms with Gasteiger partial charge in [-0.3, -0.25) is 14.5 Å². The summed E-state index contributed by atoms with van der Waals surface area (Å²) in [6.07, 6.45) is 1.84. The van der Waals surface area contributed by atoms with Gasteiger partial charge in [-0.2, -0.15) is 0 Å². The van der Waals surface area contributed by atoms with Crippen LogP contribution < -0.4 is 10.6 Å². The van der Waals surface area contributed by atoms with E-state index in [2.05, 4.69) is 34.7 Å². The summed E-state index contributed by atoms with van der Waals surface area (Å²) in [6.45, 7) is 7.57. The Morgan fingerprint density at radius 3 is 2.55 bits per heavy atom. The molecule has 1 saturated carbocycles. The minimum Gasteiger partial charge on any atom is -0.323 e. The van der Waals surface area contributed by atoms with Crippen LogP contribution in [0.1, 0.15) is 36.5 Å². The number of anilines is 1. The zero-order valence-corrected chi connectivity index (χ0v) is 17.8. The summed E-state index contributed by atoms with van der Waals surface area (Å²) in [4.78, 5) is 42.9. The highest BCUT2D eigenvalue weighted by atomic mass is 32.1. The fourth-order valence-corrected chi connectivity index (χ4v) is 4.85. The quantitative estimate of drug-likeness (QED) is 0.737. The first-order chi connectivity index (χ1) is 13.7. The molecule has 0 bridgehead atoms. The number of imide groups is 1. The molecule has 8 heteroatoms. The fourth-order valence-electron chi connectivity index (χ4n) is 4.13. The maximum absolute atomic E-state index is 12.6. The van der Waals surface area contributed by atoms with Crippen molar-refractivity contribution in [1.82, 2.24) is 15.2 Å². The van der Waals surface area contributed by atoms with Gasteiger partial charge in [0.05, 0.1) is 5.69 Å². The van der Waals surface area contributed by atoms with Crippen LogP contribution in [0.2, 0.25) is 0 Å². The number of urea groups is 1. The number of hydrogen-bond acceptors (Lipinski definition) is 5. The molecule has 1 aliphatic heterocycles.